The van der Waals surface area contributed by atoms with Gasteiger partial charge in [-0.25, -0.2) is 0 Å². The van der Waals surface area contributed by atoms with Crippen molar-refractivity contribution >= 4 is 69.4 Å². The van der Waals surface area contributed by atoms with Crippen LogP contribution in [0.5, 0.6) is 5.75 Å². The van der Waals surface area contributed by atoms with Gasteiger partial charge in [0.05, 0.1) is 34.3 Å². The second kappa shape index (κ2) is 17.7. The minimum atomic E-state index is -0.612. The number of amides is 3. The van der Waals surface area contributed by atoms with E-state index in [0.717, 1.165) is 42.3 Å². The number of hydrogen-bond donors (Lipinski definition) is 3. The molecule has 1 unspecified atom stereocenters. The molecule has 3 aliphatic heterocycles. The number of rotatable bonds is 12. The number of hydrogen-bond acceptors (Lipinski definition) is 10. The second-order valence-electron chi connectivity index (χ2n) is 16.3. The van der Waals surface area contributed by atoms with E-state index >= 15 is 0 Å². The lowest BCUT2D eigenvalue weighted by Crippen LogP contribution is -2.58. The van der Waals surface area contributed by atoms with E-state index in [1.807, 2.05) is 12.1 Å². The molecule has 304 valence electrons. The molecule has 0 saturated carbocycles. The van der Waals surface area contributed by atoms with Crippen LogP contribution in [0, 0.1) is 22.7 Å². The number of carbonyl (C=O) groups excluding carboxylic acids is 3. The molecule has 58 heavy (non-hydrogen) atoms. The molecule has 3 aromatic carbocycles. The molecule has 3 heterocycles. The van der Waals surface area contributed by atoms with E-state index in [9.17, 15) is 24.9 Å². The molecule has 3 fully saturated rings. The molecule has 0 spiro atoms. The number of ether oxygens (including phenoxy) is 1. The minimum absolute atomic E-state index is 0.0998. The van der Waals surface area contributed by atoms with Crippen LogP contribution in [0.2, 0.25) is 5.02 Å². The number of nitrogens with one attached hydrogen (secondary N) is 3. The maximum Gasteiger partial charge on any atom is 0.249 e. The highest BCUT2D eigenvalue weighted by atomic mass is 35.5. The van der Waals surface area contributed by atoms with Gasteiger partial charge >= 0.3 is 0 Å². The summed E-state index contributed by atoms with van der Waals surface area (Å²) in [6, 6.07) is 20.4. The molecular formula is C43H50ClN9O4S. The smallest absolute Gasteiger partial charge is 0.249 e. The number of halogens is 1. The lowest BCUT2D eigenvalue weighted by molar-refractivity contribution is -0.133. The maximum absolute atomic E-state index is 13.3. The van der Waals surface area contributed by atoms with Crippen molar-refractivity contribution in [2.75, 3.05) is 59.8 Å². The van der Waals surface area contributed by atoms with Gasteiger partial charge in [0.15, 0.2) is 5.11 Å². The summed E-state index contributed by atoms with van der Waals surface area (Å²) in [5.41, 5.74) is 4.33. The van der Waals surface area contributed by atoms with Gasteiger partial charge in [-0.15, -0.1) is 0 Å². The molecule has 0 bridgehead atoms. The molecule has 3 N–H and O–H groups in total. The molecule has 3 saturated heterocycles. The van der Waals surface area contributed by atoms with Gasteiger partial charge in [0.25, 0.3) is 0 Å². The number of nitriles is 2. The van der Waals surface area contributed by atoms with Crippen molar-refractivity contribution in [3.8, 4) is 17.9 Å². The van der Waals surface area contributed by atoms with Crippen LogP contribution in [-0.2, 0) is 14.4 Å². The van der Waals surface area contributed by atoms with Crippen LogP contribution >= 0.6 is 23.8 Å². The van der Waals surface area contributed by atoms with Crippen molar-refractivity contribution in [3.63, 3.8) is 0 Å². The zero-order chi connectivity index (χ0) is 41.9. The maximum atomic E-state index is 13.3. The summed E-state index contributed by atoms with van der Waals surface area (Å²) in [7, 11) is 0. The third-order valence-corrected chi connectivity index (χ3v) is 11.6. The van der Waals surface area contributed by atoms with E-state index in [2.05, 4.69) is 101 Å². The summed E-state index contributed by atoms with van der Waals surface area (Å²) in [5.74, 6) is 0.114. The summed E-state index contributed by atoms with van der Waals surface area (Å²) in [6.45, 7) is 16.5. The first-order valence-electron chi connectivity index (χ1n) is 19.6. The Bertz CT molecular complexity index is 2170. The fourth-order valence-electron chi connectivity index (χ4n) is 8.08. The average Bonchev–Trinajstić information content (AvgIpc) is 3.41. The molecular weight excluding hydrogens is 774 g/mol. The SMILES string of the molecule is CC(C)c1cc(N2C(=S)N(c3ccc(C#N)c(Cl)c3)CC2(C)C)ccc1OCCN1C[C@@H](C)N(CC(=O)Nc2cc(C#N)cc(NC3CCC(=O)NC3=O)c2)[C@@H](C)C1. The van der Waals surface area contributed by atoms with E-state index in [1.165, 1.54) is 0 Å². The van der Waals surface area contributed by atoms with E-state index in [-0.39, 0.29) is 48.3 Å². The first-order chi connectivity index (χ1) is 27.6. The van der Waals surface area contributed by atoms with Crippen LogP contribution in [0.15, 0.2) is 54.6 Å². The Morgan fingerprint density at radius 1 is 1.02 bits per heavy atom. The van der Waals surface area contributed by atoms with Crippen molar-refractivity contribution in [2.45, 2.75) is 84.0 Å². The number of carbonyl (C=O) groups is 3. The lowest BCUT2D eigenvalue weighted by Gasteiger charge is -2.44. The quantitative estimate of drug-likeness (QED) is 0.140. The fourth-order valence-corrected chi connectivity index (χ4v) is 8.82. The average molecular weight is 824 g/mol. The number of nitrogens with zero attached hydrogens (tertiary/aromatic N) is 6. The highest BCUT2D eigenvalue weighted by molar-refractivity contribution is 7.80. The Balaban J connectivity index is 1.03. The van der Waals surface area contributed by atoms with Crippen LogP contribution in [0.25, 0.3) is 0 Å². The highest BCUT2D eigenvalue weighted by Gasteiger charge is 2.42. The normalized spacial score (nSPS) is 21.1. The summed E-state index contributed by atoms with van der Waals surface area (Å²) < 4.78 is 6.45. The standard InChI is InChI=1S/C43H50ClN9O4S/c1-26(2)35-18-34(53-42(58)52(25-43(53,5)6)33-8-7-30(21-46)36(44)19-33)9-11-38(35)57-14-13-50-22-27(3)51(28(4)23-50)24-40(55)48-32-16-29(20-45)15-31(17-32)47-37-10-12-39(54)49-41(37)56/h7-9,11,15-19,26-28,37,47H,10,12-14,22-25H2,1-6H3,(H,48,55)(H,49,54,56)/t27-,28+,37?. The van der Waals surface area contributed by atoms with Crippen molar-refractivity contribution < 1.29 is 19.1 Å². The number of piperazine rings is 1. The molecule has 3 atom stereocenters. The number of anilines is 4. The molecule has 0 aromatic heterocycles. The number of benzene rings is 3. The fraction of sp³-hybridized carbons (Fsp3) is 0.442. The van der Waals surface area contributed by atoms with Gasteiger partial charge < -0.3 is 25.2 Å². The van der Waals surface area contributed by atoms with Crippen molar-refractivity contribution in [1.82, 2.24) is 15.1 Å². The van der Waals surface area contributed by atoms with E-state index < -0.39 is 11.9 Å². The molecule has 15 heteroatoms. The predicted molar refractivity (Wildman–Crippen MR) is 230 cm³/mol. The van der Waals surface area contributed by atoms with Crippen molar-refractivity contribution in [3.05, 3.63) is 76.3 Å². The van der Waals surface area contributed by atoms with Gasteiger partial charge in [-0.3, -0.25) is 29.5 Å². The molecule has 0 radical (unpaired) electrons. The van der Waals surface area contributed by atoms with E-state index in [1.54, 1.807) is 30.3 Å². The minimum Gasteiger partial charge on any atom is -0.492 e. The molecule has 0 aliphatic carbocycles. The molecule has 3 aliphatic rings. The van der Waals surface area contributed by atoms with Crippen LogP contribution < -0.4 is 30.5 Å². The van der Waals surface area contributed by atoms with Crippen LogP contribution in [0.4, 0.5) is 22.7 Å². The molecule has 6 rings (SSSR count). The highest BCUT2D eigenvalue weighted by Crippen LogP contribution is 2.39. The zero-order valence-corrected chi connectivity index (χ0v) is 35.3. The summed E-state index contributed by atoms with van der Waals surface area (Å²) in [6.07, 6.45) is 0.568. The molecule has 3 amide bonds. The van der Waals surface area contributed by atoms with Crippen LogP contribution in [-0.4, -0.2) is 95.6 Å². The van der Waals surface area contributed by atoms with Gasteiger partial charge in [0.2, 0.25) is 17.7 Å². The van der Waals surface area contributed by atoms with Gasteiger partial charge in [0.1, 0.15) is 24.5 Å². The summed E-state index contributed by atoms with van der Waals surface area (Å²) in [4.78, 5) is 45.9. The third kappa shape index (κ3) is 9.54. The Kier molecular flexibility index (Phi) is 12.9. The first-order valence-corrected chi connectivity index (χ1v) is 20.4. The number of imide groups is 1. The zero-order valence-electron chi connectivity index (χ0n) is 33.8. The van der Waals surface area contributed by atoms with Gasteiger partial charge in [-0.1, -0.05) is 25.4 Å². The van der Waals surface area contributed by atoms with Crippen LogP contribution in [0.3, 0.4) is 0 Å². The summed E-state index contributed by atoms with van der Waals surface area (Å²) >= 11 is 12.4. The monoisotopic (exact) mass is 823 g/mol. The Morgan fingerprint density at radius 3 is 2.38 bits per heavy atom. The van der Waals surface area contributed by atoms with Crippen molar-refractivity contribution in [2.24, 2.45) is 0 Å². The van der Waals surface area contributed by atoms with Gasteiger partial charge in [0, 0.05) is 67.4 Å². The Morgan fingerprint density at radius 2 is 1.72 bits per heavy atom. The molecule has 3 aromatic rings. The first kappa shape index (κ1) is 42.4. The van der Waals surface area contributed by atoms with E-state index in [0.29, 0.717) is 52.2 Å². The predicted octanol–water partition coefficient (Wildman–Crippen LogP) is 6.23. The summed E-state index contributed by atoms with van der Waals surface area (Å²) in [5, 5.41) is 28.4. The Hall–Kier alpha value is -5.25. The Labute approximate surface area is 350 Å². The second-order valence-corrected chi connectivity index (χ2v) is 17.0. The van der Waals surface area contributed by atoms with Crippen molar-refractivity contribution in [1.29, 1.82) is 10.5 Å². The number of thiocarbonyl (C=S) groups is 1. The molecule has 13 nitrogen and oxygen atoms in total. The van der Waals surface area contributed by atoms with Gasteiger partial charge in [-0.2, -0.15) is 10.5 Å². The number of piperidine rings is 1. The van der Waals surface area contributed by atoms with Gasteiger partial charge in [-0.05, 0) is 112 Å². The van der Waals surface area contributed by atoms with E-state index in [4.69, 9.17) is 28.6 Å². The van der Waals surface area contributed by atoms with Crippen LogP contribution in [0.1, 0.15) is 77.0 Å². The third-order valence-electron chi connectivity index (χ3n) is 10.9. The lowest BCUT2D eigenvalue weighted by atomic mass is 9.99. The largest absolute Gasteiger partial charge is 0.492 e. The topological polar surface area (TPSA) is 157 Å².